The Balaban J connectivity index is 0.000000371. The van der Waals surface area contributed by atoms with Gasteiger partial charge in [-0.3, -0.25) is 4.79 Å². The van der Waals surface area contributed by atoms with E-state index in [0.29, 0.717) is 6.61 Å². The van der Waals surface area contributed by atoms with E-state index in [4.69, 9.17) is 4.74 Å². The van der Waals surface area contributed by atoms with Gasteiger partial charge in [-0.2, -0.15) is 0 Å². The van der Waals surface area contributed by atoms with Gasteiger partial charge in [0.1, 0.15) is 0 Å². The normalized spacial score (nSPS) is 24.3. The summed E-state index contributed by atoms with van der Waals surface area (Å²) in [6.07, 6.45) is 2.03. The van der Waals surface area contributed by atoms with E-state index >= 15 is 0 Å². The molecule has 1 fully saturated rings. The first-order chi connectivity index (χ1) is 4.80. The van der Waals surface area contributed by atoms with Crippen LogP contribution in [-0.2, 0) is 9.53 Å². The number of esters is 1. The number of hydrogen-bond acceptors (Lipinski definition) is 2. The average Bonchev–Trinajstić information content (AvgIpc) is 2.00. The summed E-state index contributed by atoms with van der Waals surface area (Å²) >= 11 is 0. The zero-order valence-corrected chi connectivity index (χ0v) is 7.02. The molecule has 1 atom stereocenters. The van der Waals surface area contributed by atoms with Gasteiger partial charge in [0.15, 0.2) is 0 Å². The molecule has 1 unspecified atom stereocenters. The number of ether oxygens (including phenoxy) is 1. The Hall–Kier alpha value is -0.530. The third-order valence-corrected chi connectivity index (χ3v) is 1.43. The molecule has 1 aliphatic rings. The van der Waals surface area contributed by atoms with Crippen LogP contribution in [0.15, 0.2) is 0 Å². The van der Waals surface area contributed by atoms with Gasteiger partial charge in [-0.25, -0.2) is 0 Å². The first kappa shape index (κ1) is 9.47. The maximum absolute atomic E-state index is 10.6. The van der Waals surface area contributed by atoms with E-state index in [2.05, 4.69) is 0 Å². The zero-order chi connectivity index (χ0) is 7.98. The maximum atomic E-state index is 10.6. The van der Waals surface area contributed by atoms with Crippen molar-refractivity contribution in [2.24, 2.45) is 5.92 Å². The van der Waals surface area contributed by atoms with E-state index in [9.17, 15) is 4.79 Å². The molecule has 10 heavy (non-hydrogen) atoms. The van der Waals surface area contributed by atoms with Gasteiger partial charge in [0.2, 0.25) is 0 Å². The molecule has 0 amide bonds. The molecule has 1 saturated heterocycles. The number of rotatable bonds is 0. The molecule has 0 aromatic rings. The summed E-state index contributed by atoms with van der Waals surface area (Å²) in [7, 11) is 0. The SMILES string of the molecule is CC.CC1CCCOC1=O. The zero-order valence-electron chi connectivity index (χ0n) is 7.02. The molecule has 0 saturated carbocycles. The van der Waals surface area contributed by atoms with Gasteiger partial charge < -0.3 is 4.74 Å². The third-order valence-electron chi connectivity index (χ3n) is 1.43. The summed E-state index contributed by atoms with van der Waals surface area (Å²) in [5, 5.41) is 0. The highest BCUT2D eigenvalue weighted by Gasteiger charge is 2.17. The second kappa shape index (κ2) is 5.27. The predicted octanol–water partition coefficient (Wildman–Crippen LogP) is 1.99. The van der Waals surface area contributed by atoms with Crippen LogP contribution in [0.2, 0.25) is 0 Å². The molecule has 2 heteroatoms. The van der Waals surface area contributed by atoms with Crippen LogP contribution in [0.3, 0.4) is 0 Å². The number of cyclic esters (lactones) is 1. The van der Waals surface area contributed by atoms with Crippen LogP contribution in [-0.4, -0.2) is 12.6 Å². The van der Waals surface area contributed by atoms with Crippen molar-refractivity contribution in [2.75, 3.05) is 6.61 Å². The lowest BCUT2D eigenvalue weighted by molar-refractivity contribution is -0.151. The average molecular weight is 144 g/mol. The van der Waals surface area contributed by atoms with Gasteiger partial charge in [0.05, 0.1) is 12.5 Å². The fourth-order valence-corrected chi connectivity index (χ4v) is 0.822. The van der Waals surface area contributed by atoms with E-state index in [0.717, 1.165) is 12.8 Å². The minimum atomic E-state index is -0.0312. The van der Waals surface area contributed by atoms with Gasteiger partial charge >= 0.3 is 5.97 Å². The van der Waals surface area contributed by atoms with Crippen molar-refractivity contribution in [3.63, 3.8) is 0 Å². The molecular formula is C8H16O2. The maximum Gasteiger partial charge on any atom is 0.308 e. The first-order valence-electron chi connectivity index (χ1n) is 3.97. The van der Waals surface area contributed by atoms with Crippen molar-refractivity contribution in [2.45, 2.75) is 33.6 Å². The minimum Gasteiger partial charge on any atom is -0.465 e. The van der Waals surface area contributed by atoms with E-state index in [1.165, 1.54) is 0 Å². The Morgan fingerprint density at radius 1 is 1.50 bits per heavy atom. The molecule has 0 aromatic heterocycles. The van der Waals surface area contributed by atoms with Crippen LogP contribution in [0.5, 0.6) is 0 Å². The third kappa shape index (κ3) is 2.85. The quantitative estimate of drug-likeness (QED) is 0.486. The fraction of sp³-hybridized carbons (Fsp3) is 0.875. The highest BCUT2D eigenvalue weighted by molar-refractivity contribution is 5.72. The van der Waals surface area contributed by atoms with Crippen molar-refractivity contribution >= 4 is 5.97 Å². The monoisotopic (exact) mass is 144 g/mol. The van der Waals surface area contributed by atoms with Gasteiger partial charge in [-0.15, -0.1) is 0 Å². The van der Waals surface area contributed by atoms with E-state index in [-0.39, 0.29) is 11.9 Å². The van der Waals surface area contributed by atoms with Gasteiger partial charge in [0.25, 0.3) is 0 Å². The number of carbonyl (C=O) groups excluding carboxylic acids is 1. The second-order valence-corrected chi connectivity index (χ2v) is 2.21. The van der Waals surface area contributed by atoms with Crippen molar-refractivity contribution in [3.8, 4) is 0 Å². The molecule has 2 nitrogen and oxygen atoms in total. The van der Waals surface area contributed by atoms with Crippen LogP contribution in [0.1, 0.15) is 33.6 Å². The topological polar surface area (TPSA) is 26.3 Å². The number of carbonyl (C=O) groups is 1. The molecule has 1 rings (SSSR count). The largest absolute Gasteiger partial charge is 0.465 e. The molecule has 1 aliphatic heterocycles. The molecule has 0 aromatic carbocycles. The predicted molar refractivity (Wildman–Crippen MR) is 40.7 cm³/mol. The Bertz CT molecular complexity index is 99.4. The molecular weight excluding hydrogens is 128 g/mol. The number of hydrogen-bond donors (Lipinski definition) is 0. The van der Waals surface area contributed by atoms with Gasteiger partial charge in [-0.1, -0.05) is 20.8 Å². The van der Waals surface area contributed by atoms with Crippen LogP contribution in [0.4, 0.5) is 0 Å². The lowest BCUT2D eigenvalue weighted by atomic mass is 10.0. The molecule has 0 spiro atoms. The molecule has 0 N–H and O–H groups in total. The smallest absolute Gasteiger partial charge is 0.308 e. The van der Waals surface area contributed by atoms with Crippen molar-refractivity contribution in [1.29, 1.82) is 0 Å². The molecule has 0 aliphatic carbocycles. The van der Waals surface area contributed by atoms with Crippen molar-refractivity contribution < 1.29 is 9.53 Å². The summed E-state index contributed by atoms with van der Waals surface area (Å²) in [5.41, 5.74) is 0. The van der Waals surface area contributed by atoms with E-state index in [1.807, 2.05) is 20.8 Å². The highest BCUT2D eigenvalue weighted by atomic mass is 16.5. The molecule has 60 valence electrons. The molecule has 1 heterocycles. The van der Waals surface area contributed by atoms with Gasteiger partial charge in [-0.05, 0) is 12.8 Å². The lowest BCUT2D eigenvalue weighted by Gasteiger charge is -2.15. The van der Waals surface area contributed by atoms with Gasteiger partial charge in [0, 0.05) is 0 Å². The van der Waals surface area contributed by atoms with Crippen molar-refractivity contribution in [3.05, 3.63) is 0 Å². The van der Waals surface area contributed by atoms with Crippen LogP contribution in [0, 0.1) is 5.92 Å². The Labute approximate surface area is 62.6 Å². The highest BCUT2D eigenvalue weighted by Crippen LogP contribution is 2.12. The summed E-state index contributed by atoms with van der Waals surface area (Å²) < 4.78 is 4.75. The summed E-state index contributed by atoms with van der Waals surface area (Å²) in [6, 6.07) is 0. The summed E-state index contributed by atoms with van der Waals surface area (Å²) in [5.74, 6) is 0.111. The Morgan fingerprint density at radius 3 is 2.40 bits per heavy atom. The van der Waals surface area contributed by atoms with Crippen molar-refractivity contribution in [1.82, 2.24) is 0 Å². The standard InChI is InChI=1S/C6H10O2.C2H6/c1-5-3-2-4-8-6(5)7;1-2/h5H,2-4H2,1H3;1-2H3. The lowest BCUT2D eigenvalue weighted by Crippen LogP contribution is -2.20. The summed E-state index contributed by atoms with van der Waals surface area (Å²) in [4.78, 5) is 10.6. The second-order valence-electron chi connectivity index (χ2n) is 2.21. The Morgan fingerprint density at radius 2 is 2.10 bits per heavy atom. The Kier molecular flexibility index (Phi) is 4.99. The van der Waals surface area contributed by atoms with Crippen LogP contribution in [0.25, 0.3) is 0 Å². The molecule has 0 bridgehead atoms. The fourth-order valence-electron chi connectivity index (χ4n) is 0.822. The van der Waals surface area contributed by atoms with Crippen LogP contribution < -0.4 is 0 Å². The van der Waals surface area contributed by atoms with E-state index < -0.39 is 0 Å². The summed E-state index contributed by atoms with van der Waals surface area (Å²) in [6.45, 7) is 6.53. The molecule has 0 radical (unpaired) electrons. The first-order valence-corrected chi connectivity index (χ1v) is 3.97. The minimum absolute atomic E-state index is 0.0312. The van der Waals surface area contributed by atoms with Crippen LogP contribution >= 0.6 is 0 Å². The van der Waals surface area contributed by atoms with E-state index in [1.54, 1.807) is 0 Å².